The van der Waals surface area contributed by atoms with Crippen molar-refractivity contribution in [3.05, 3.63) is 29.3 Å². The van der Waals surface area contributed by atoms with Crippen molar-refractivity contribution in [1.29, 1.82) is 0 Å². The predicted octanol–water partition coefficient (Wildman–Crippen LogP) is 9.50. The molecule has 206 valence electrons. The Labute approximate surface area is 232 Å². The SMILES string of the molecule is [2H]c1cc2c(c([2H])c1OC(=O)CCCCCCCCCCCCCCC)CC[C@@H]1[C@@H]2CC[C@]2(C)C(=O)C([2H])([2H])C[C@@H]12. The van der Waals surface area contributed by atoms with Crippen LogP contribution in [-0.4, -0.2) is 11.8 Å². The van der Waals surface area contributed by atoms with Gasteiger partial charge in [-0.1, -0.05) is 97.0 Å². The molecule has 0 radical (unpaired) electrons. The lowest BCUT2D eigenvalue weighted by molar-refractivity contribution is -0.134. The molecular formula is C34H52O3. The zero-order valence-electron chi connectivity index (χ0n) is 27.5. The van der Waals surface area contributed by atoms with Crippen LogP contribution >= 0.6 is 0 Å². The van der Waals surface area contributed by atoms with E-state index in [1.54, 1.807) is 6.07 Å². The lowest BCUT2D eigenvalue weighted by atomic mass is 9.55. The third kappa shape index (κ3) is 7.27. The zero-order valence-corrected chi connectivity index (χ0v) is 23.5. The molecule has 0 bridgehead atoms. The molecule has 0 aromatic heterocycles. The topological polar surface area (TPSA) is 43.4 Å². The van der Waals surface area contributed by atoms with E-state index in [0.29, 0.717) is 19.3 Å². The van der Waals surface area contributed by atoms with E-state index in [4.69, 9.17) is 10.2 Å². The van der Waals surface area contributed by atoms with Crippen molar-refractivity contribution in [2.24, 2.45) is 17.3 Å². The number of carbonyl (C=O) groups is 2. The number of hydrogen-bond donors (Lipinski definition) is 0. The summed E-state index contributed by atoms with van der Waals surface area (Å²) in [5.74, 6) is -0.211. The van der Waals surface area contributed by atoms with Crippen LogP contribution in [0.3, 0.4) is 0 Å². The third-order valence-corrected chi connectivity index (χ3v) is 9.63. The summed E-state index contributed by atoms with van der Waals surface area (Å²) < 4.78 is 39.6. The summed E-state index contributed by atoms with van der Waals surface area (Å²) in [6.45, 7) is 4.20. The molecule has 3 aliphatic carbocycles. The van der Waals surface area contributed by atoms with Crippen molar-refractivity contribution in [2.45, 2.75) is 148 Å². The number of ether oxygens (including phenoxy) is 1. The van der Waals surface area contributed by atoms with Crippen molar-refractivity contribution >= 4 is 11.8 Å². The Balaban J connectivity index is 1.22. The summed E-state index contributed by atoms with van der Waals surface area (Å²) in [4.78, 5) is 25.5. The standard InChI is InChI=1S/C34H52O3/c1-3-4-5-6-7-8-9-10-11-12-13-14-15-16-33(36)37-27-18-20-28-26(25-27)17-19-30-29(28)23-24-34(2)31(30)21-22-32(34)35/h18,20,25,29-31H,3-17,19,21-24H2,1-2H3/t29-,30-,31+,34+/m1/s1/i18D,22D2,25D. The highest BCUT2D eigenvalue weighted by Crippen LogP contribution is 2.59. The van der Waals surface area contributed by atoms with Crippen molar-refractivity contribution in [3.8, 4) is 5.75 Å². The lowest BCUT2D eigenvalue weighted by Gasteiger charge is -2.48. The summed E-state index contributed by atoms with van der Waals surface area (Å²) in [6.07, 6.45) is 17.9. The molecule has 1 aromatic rings. The van der Waals surface area contributed by atoms with Gasteiger partial charge in [-0.25, -0.2) is 0 Å². The van der Waals surface area contributed by atoms with Crippen molar-refractivity contribution in [2.75, 3.05) is 0 Å². The minimum atomic E-state index is -1.76. The summed E-state index contributed by atoms with van der Waals surface area (Å²) in [6, 6.07) is 2.03. The number of hydrogen-bond acceptors (Lipinski definition) is 3. The molecule has 0 spiro atoms. The van der Waals surface area contributed by atoms with Gasteiger partial charge in [0, 0.05) is 21.0 Å². The van der Waals surface area contributed by atoms with Crippen LogP contribution in [0.25, 0.3) is 0 Å². The summed E-state index contributed by atoms with van der Waals surface area (Å²) >= 11 is 0. The van der Waals surface area contributed by atoms with Crippen LogP contribution in [0.2, 0.25) is 0 Å². The molecule has 0 aliphatic heterocycles. The largest absolute Gasteiger partial charge is 0.427 e. The van der Waals surface area contributed by atoms with Crippen LogP contribution in [0.4, 0.5) is 0 Å². The molecule has 3 heteroatoms. The summed E-state index contributed by atoms with van der Waals surface area (Å²) in [7, 11) is 0. The highest BCUT2D eigenvalue weighted by molar-refractivity contribution is 5.87. The lowest BCUT2D eigenvalue weighted by Crippen LogP contribution is -2.42. The maximum Gasteiger partial charge on any atom is 0.311 e. The monoisotopic (exact) mass is 512 g/mol. The average Bonchev–Trinajstić information content (AvgIpc) is 3.13. The molecule has 0 heterocycles. The first kappa shape index (κ1) is 23.3. The van der Waals surface area contributed by atoms with E-state index in [1.165, 1.54) is 64.2 Å². The Morgan fingerprint density at radius 2 is 1.65 bits per heavy atom. The van der Waals surface area contributed by atoms with Crippen molar-refractivity contribution in [1.82, 2.24) is 0 Å². The van der Waals surface area contributed by atoms with E-state index < -0.39 is 11.8 Å². The Morgan fingerprint density at radius 1 is 1.00 bits per heavy atom. The second-order valence-corrected chi connectivity index (χ2v) is 12.2. The molecule has 3 aliphatic rings. The molecular weight excluding hydrogens is 456 g/mol. The average molecular weight is 513 g/mol. The van der Waals surface area contributed by atoms with Gasteiger partial charge in [0.15, 0.2) is 0 Å². The number of fused-ring (bicyclic) bond motifs is 5. The van der Waals surface area contributed by atoms with Gasteiger partial charge in [0.25, 0.3) is 0 Å². The van der Waals surface area contributed by atoms with Gasteiger partial charge in [-0.05, 0) is 79.5 Å². The van der Waals surface area contributed by atoms with E-state index in [9.17, 15) is 9.59 Å². The quantitative estimate of drug-likeness (QED) is 0.133. The number of benzene rings is 1. The van der Waals surface area contributed by atoms with Crippen LogP contribution in [0.5, 0.6) is 5.75 Å². The van der Waals surface area contributed by atoms with E-state index in [-0.39, 0.29) is 53.8 Å². The Kier molecular flexibility index (Phi) is 8.77. The highest BCUT2D eigenvalue weighted by Gasteiger charge is 2.54. The first-order valence-corrected chi connectivity index (χ1v) is 15.5. The fourth-order valence-corrected chi connectivity index (χ4v) is 7.29. The number of unbranched alkanes of at least 4 members (excludes halogenated alkanes) is 12. The van der Waals surface area contributed by atoms with Gasteiger partial charge < -0.3 is 4.74 Å². The van der Waals surface area contributed by atoms with Crippen LogP contribution in [-0.2, 0) is 16.0 Å². The minimum absolute atomic E-state index is 0.00177. The molecule has 4 rings (SSSR count). The van der Waals surface area contributed by atoms with Crippen molar-refractivity contribution in [3.63, 3.8) is 0 Å². The first-order chi connectivity index (χ1) is 19.6. The third-order valence-electron chi connectivity index (χ3n) is 9.63. The van der Waals surface area contributed by atoms with Gasteiger partial charge >= 0.3 is 5.97 Å². The van der Waals surface area contributed by atoms with E-state index >= 15 is 0 Å². The molecule has 3 nitrogen and oxygen atoms in total. The fraction of sp³-hybridized carbons (Fsp3) is 0.765. The van der Waals surface area contributed by atoms with Crippen LogP contribution in [0, 0.1) is 17.3 Å². The molecule has 2 fully saturated rings. The smallest absolute Gasteiger partial charge is 0.311 e. The van der Waals surface area contributed by atoms with Gasteiger partial charge in [0.05, 0.1) is 2.74 Å². The molecule has 0 saturated heterocycles. The molecule has 0 unspecified atom stereocenters. The maximum atomic E-state index is 12.9. The van der Waals surface area contributed by atoms with Gasteiger partial charge in [0.1, 0.15) is 11.5 Å². The second-order valence-electron chi connectivity index (χ2n) is 12.2. The van der Waals surface area contributed by atoms with Crippen LogP contribution < -0.4 is 4.74 Å². The van der Waals surface area contributed by atoms with Crippen LogP contribution in [0.15, 0.2) is 18.2 Å². The molecule has 0 N–H and O–H groups in total. The number of esters is 1. The van der Waals surface area contributed by atoms with E-state index in [2.05, 4.69) is 6.92 Å². The fourth-order valence-electron chi connectivity index (χ4n) is 7.29. The molecule has 2 saturated carbocycles. The van der Waals surface area contributed by atoms with Crippen LogP contribution in [0.1, 0.15) is 158 Å². The minimum Gasteiger partial charge on any atom is -0.427 e. The Bertz CT molecular complexity index is 1070. The van der Waals surface area contributed by atoms with Gasteiger partial charge in [-0.2, -0.15) is 0 Å². The molecule has 1 aromatic carbocycles. The van der Waals surface area contributed by atoms with E-state index in [1.807, 2.05) is 6.92 Å². The molecule has 0 amide bonds. The highest BCUT2D eigenvalue weighted by atomic mass is 16.5. The number of carbonyl (C=O) groups excluding carboxylic acids is 2. The number of Topliss-reactive ketones (excluding diaryl/α,β-unsaturated/α-hetero) is 1. The normalized spacial score (nSPS) is 29.4. The van der Waals surface area contributed by atoms with E-state index in [0.717, 1.165) is 43.2 Å². The summed E-state index contributed by atoms with van der Waals surface area (Å²) in [5, 5.41) is 0. The second kappa shape index (κ2) is 13.9. The zero-order chi connectivity index (χ0) is 29.6. The molecule has 37 heavy (non-hydrogen) atoms. The van der Waals surface area contributed by atoms with Gasteiger partial charge in [0.2, 0.25) is 0 Å². The Morgan fingerprint density at radius 3 is 2.32 bits per heavy atom. The predicted molar refractivity (Wildman–Crippen MR) is 152 cm³/mol. The Hall–Kier alpha value is -1.64. The van der Waals surface area contributed by atoms with Crippen molar-refractivity contribution < 1.29 is 19.8 Å². The molecule has 4 atom stereocenters. The van der Waals surface area contributed by atoms with Gasteiger partial charge in [-0.3, -0.25) is 9.59 Å². The first-order valence-electron chi connectivity index (χ1n) is 17.5. The summed E-state index contributed by atoms with van der Waals surface area (Å²) in [5.41, 5.74) is 1.23. The number of rotatable bonds is 15. The number of ketones is 1. The van der Waals surface area contributed by atoms with Gasteiger partial charge in [-0.15, -0.1) is 0 Å². The maximum absolute atomic E-state index is 12.9.